The smallest absolute Gasteiger partial charge is 0.229 e. The minimum atomic E-state index is 0.0205. The lowest BCUT2D eigenvalue weighted by Gasteiger charge is -2.32. The number of imide groups is 1. The number of piperidine rings is 1. The molecule has 0 aromatic heterocycles. The van der Waals surface area contributed by atoms with E-state index in [2.05, 4.69) is 12.2 Å². The van der Waals surface area contributed by atoms with Gasteiger partial charge in [-0.2, -0.15) is 0 Å². The molecule has 0 spiro atoms. The molecule has 1 atom stereocenters. The van der Waals surface area contributed by atoms with Crippen LogP contribution in [0.15, 0.2) is 0 Å². The number of likely N-dealkylation sites (N-methyl/N-ethyl adjacent to an activating group) is 1. The van der Waals surface area contributed by atoms with Gasteiger partial charge in [0.25, 0.3) is 0 Å². The van der Waals surface area contributed by atoms with Crippen molar-refractivity contribution in [1.82, 2.24) is 10.2 Å². The Morgan fingerprint density at radius 2 is 1.78 bits per heavy atom. The third-order valence-corrected chi connectivity index (χ3v) is 4.20. The van der Waals surface area contributed by atoms with Crippen molar-refractivity contribution in [3.8, 4) is 0 Å². The first-order valence-corrected chi connectivity index (χ1v) is 7.29. The fourth-order valence-corrected chi connectivity index (χ4v) is 3.20. The lowest BCUT2D eigenvalue weighted by molar-refractivity contribution is -0.148. The third kappa shape index (κ3) is 3.10. The topological polar surface area (TPSA) is 49.4 Å². The van der Waals surface area contributed by atoms with Gasteiger partial charge in [-0.3, -0.25) is 14.5 Å². The number of hydrogen-bond acceptors (Lipinski definition) is 3. The summed E-state index contributed by atoms with van der Waals surface area (Å²) in [5.74, 6) is 0.673. The van der Waals surface area contributed by atoms with Crippen LogP contribution in [0.25, 0.3) is 0 Å². The van der Waals surface area contributed by atoms with Crippen molar-refractivity contribution in [3.63, 3.8) is 0 Å². The largest absolute Gasteiger partial charge is 0.312 e. The Kier molecular flexibility index (Phi) is 4.75. The van der Waals surface area contributed by atoms with Gasteiger partial charge in [-0.15, -0.1) is 0 Å². The standard InChI is InChI=1S/C14H24N2O2/c1-2-15-12(11-6-3-4-7-11)10-16-13(17)8-5-9-14(16)18/h11-12,15H,2-10H2,1H3. The predicted molar refractivity (Wildman–Crippen MR) is 70.0 cm³/mol. The Balaban J connectivity index is 1.98. The van der Waals surface area contributed by atoms with Crippen LogP contribution >= 0.6 is 0 Å². The van der Waals surface area contributed by atoms with Crippen LogP contribution < -0.4 is 5.32 Å². The summed E-state index contributed by atoms with van der Waals surface area (Å²) in [7, 11) is 0. The fourth-order valence-electron chi connectivity index (χ4n) is 3.20. The SMILES string of the molecule is CCNC(CN1C(=O)CCCC1=O)C1CCCC1. The van der Waals surface area contributed by atoms with E-state index in [9.17, 15) is 9.59 Å². The summed E-state index contributed by atoms with van der Waals surface area (Å²) in [4.78, 5) is 25.2. The fraction of sp³-hybridized carbons (Fsp3) is 0.857. The van der Waals surface area contributed by atoms with Crippen molar-refractivity contribution >= 4 is 11.8 Å². The van der Waals surface area contributed by atoms with E-state index >= 15 is 0 Å². The van der Waals surface area contributed by atoms with Gasteiger partial charge in [0.15, 0.2) is 0 Å². The molecular weight excluding hydrogens is 228 g/mol. The number of likely N-dealkylation sites (tertiary alicyclic amines) is 1. The molecule has 1 aliphatic carbocycles. The second-order valence-electron chi connectivity index (χ2n) is 5.46. The van der Waals surface area contributed by atoms with Crippen LogP contribution in [0.4, 0.5) is 0 Å². The molecule has 1 unspecified atom stereocenters. The molecule has 1 N–H and O–H groups in total. The van der Waals surface area contributed by atoms with E-state index in [1.54, 1.807) is 0 Å². The molecule has 0 aromatic rings. The van der Waals surface area contributed by atoms with Crippen molar-refractivity contribution in [3.05, 3.63) is 0 Å². The zero-order valence-corrected chi connectivity index (χ0v) is 11.3. The molecule has 102 valence electrons. The highest BCUT2D eigenvalue weighted by Crippen LogP contribution is 2.28. The Labute approximate surface area is 109 Å². The quantitative estimate of drug-likeness (QED) is 0.758. The summed E-state index contributed by atoms with van der Waals surface area (Å²) in [6.07, 6.45) is 6.83. The number of hydrogen-bond donors (Lipinski definition) is 1. The van der Waals surface area contributed by atoms with Crippen molar-refractivity contribution in [2.75, 3.05) is 13.1 Å². The minimum absolute atomic E-state index is 0.0205. The Morgan fingerprint density at radius 1 is 1.17 bits per heavy atom. The normalized spacial score (nSPS) is 23.7. The summed E-state index contributed by atoms with van der Waals surface area (Å²) in [5.41, 5.74) is 0. The molecule has 2 rings (SSSR count). The monoisotopic (exact) mass is 252 g/mol. The predicted octanol–water partition coefficient (Wildman–Crippen LogP) is 1.69. The van der Waals surface area contributed by atoms with Gasteiger partial charge in [0.1, 0.15) is 0 Å². The van der Waals surface area contributed by atoms with E-state index in [0.29, 0.717) is 31.3 Å². The molecule has 0 radical (unpaired) electrons. The molecule has 4 heteroatoms. The van der Waals surface area contributed by atoms with E-state index in [0.717, 1.165) is 13.0 Å². The molecule has 4 nitrogen and oxygen atoms in total. The van der Waals surface area contributed by atoms with Gasteiger partial charge < -0.3 is 5.32 Å². The number of carbonyl (C=O) groups excluding carboxylic acids is 2. The van der Waals surface area contributed by atoms with Crippen LogP contribution in [-0.4, -0.2) is 35.8 Å². The van der Waals surface area contributed by atoms with Gasteiger partial charge in [0.2, 0.25) is 11.8 Å². The second kappa shape index (κ2) is 6.32. The number of carbonyl (C=O) groups is 2. The lowest BCUT2D eigenvalue weighted by Crippen LogP contribution is -2.50. The first-order chi connectivity index (χ1) is 8.72. The van der Waals surface area contributed by atoms with Crippen molar-refractivity contribution < 1.29 is 9.59 Å². The zero-order chi connectivity index (χ0) is 13.0. The van der Waals surface area contributed by atoms with Gasteiger partial charge in [-0.05, 0) is 31.7 Å². The highest BCUT2D eigenvalue weighted by molar-refractivity contribution is 5.97. The molecule has 1 heterocycles. The van der Waals surface area contributed by atoms with Crippen molar-refractivity contribution in [2.45, 2.75) is 57.9 Å². The molecule has 1 saturated heterocycles. The number of rotatable bonds is 5. The van der Waals surface area contributed by atoms with Crippen LogP contribution in [0.2, 0.25) is 0 Å². The molecule has 2 amide bonds. The zero-order valence-electron chi connectivity index (χ0n) is 11.3. The Bertz CT molecular complexity index is 295. The Morgan fingerprint density at radius 3 is 2.33 bits per heavy atom. The van der Waals surface area contributed by atoms with Crippen LogP contribution in [0.1, 0.15) is 51.9 Å². The van der Waals surface area contributed by atoms with E-state index in [-0.39, 0.29) is 11.8 Å². The highest BCUT2D eigenvalue weighted by Gasteiger charge is 2.32. The van der Waals surface area contributed by atoms with Gasteiger partial charge >= 0.3 is 0 Å². The van der Waals surface area contributed by atoms with Crippen molar-refractivity contribution in [1.29, 1.82) is 0 Å². The van der Waals surface area contributed by atoms with Crippen LogP contribution in [0, 0.1) is 5.92 Å². The lowest BCUT2D eigenvalue weighted by atomic mass is 9.96. The third-order valence-electron chi connectivity index (χ3n) is 4.20. The number of amides is 2. The molecule has 0 aromatic carbocycles. The van der Waals surface area contributed by atoms with Gasteiger partial charge in [0.05, 0.1) is 0 Å². The number of nitrogens with zero attached hydrogens (tertiary/aromatic N) is 1. The molecule has 2 fully saturated rings. The van der Waals surface area contributed by atoms with Gasteiger partial charge in [-0.1, -0.05) is 19.8 Å². The van der Waals surface area contributed by atoms with E-state index in [1.807, 2.05) is 0 Å². The number of nitrogens with one attached hydrogen (secondary N) is 1. The molecule has 1 aliphatic heterocycles. The average molecular weight is 252 g/mol. The maximum Gasteiger partial charge on any atom is 0.229 e. The Hall–Kier alpha value is -0.900. The molecule has 18 heavy (non-hydrogen) atoms. The minimum Gasteiger partial charge on any atom is -0.312 e. The summed E-state index contributed by atoms with van der Waals surface area (Å²) < 4.78 is 0. The van der Waals surface area contributed by atoms with E-state index in [4.69, 9.17) is 0 Å². The van der Waals surface area contributed by atoms with Crippen LogP contribution in [-0.2, 0) is 9.59 Å². The second-order valence-corrected chi connectivity index (χ2v) is 5.46. The molecular formula is C14H24N2O2. The average Bonchev–Trinajstić information content (AvgIpc) is 2.86. The van der Waals surface area contributed by atoms with E-state index < -0.39 is 0 Å². The first kappa shape index (κ1) is 13.5. The highest BCUT2D eigenvalue weighted by atomic mass is 16.2. The molecule has 2 aliphatic rings. The van der Waals surface area contributed by atoms with Gasteiger partial charge in [-0.25, -0.2) is 0 Å². The molecule has 0 bridgehead atoms. The van der Waals surface area contributed by atoms with Crippen LogP contribution in [0.5, 0.6) is 0 Å². The van der Waals surface area contributed by atoms with E-state index in [1.165, 1.54) is 30.6 Å². The summed E-state index contributed by atoms with van der Waals surface area (Å²) in [6.45, 7) is 3.56. The summed E-state index contributed by atoms with van der Waals surface area (Å²) >= 11 is 0. The molecule has 1 saturated carbocycles. The first-order valence-electron chi connectivity index (χ1n) is 7.29. The summed E-state index contributed by atoms with van der Waals surface area (Å²) in [6, 6.07) is 0.295. The maximum atomic E-state index is 11.8. The van der Waals surface area contributed by atoms with Crippen LogP contribution in [0.3, 0.4) is 0 Å². The maximum absolute atomic E-state index is 11.8. The van der Waals surface area contributed by atoms with Gasteiger partial charge in [0, 0.05) is 25.4 Å². The van der Waals surface area contributed by atoms with Crippen molar-refractivity contribution in [2.24, 2.45) is 5.92 Å². The summed E-state index contributed by atoms with van der Waals surface area (Å²) in [5, 5.41) is 3.47.